The lowest BCUT2D eigenvalue weighted by atomic mass is 9.96. The summed E-state index contributed by atoms with van der Waals surface area (Å²) in [6.45, 7) is 0. The van der Waals surface area contributed by atoms with Gasteiger partial charge in [0.25, 0.3) is 0 Å². The van der Waals surface area contributed by atoms with Crippen molar-refractivity contribution in [3.8, 4) is 73.2 Å². The molecule has 0 radical (unpaired) electrons. The number of benzene rings is 8. The average Bonchev–Trinajstić information content (AvgIpc) is 3.75. The van der Waals surface area contributed by atoms with Crippen LogP contribution in [-0.4, -0.2) is 19.5 Å². The Morgan fingerprint density at radius 1 is 0.345 bits per heavy atom. The van der Waals surface area contributed by atoms with Crippen molar-refractivity contribution in [1.82, 2.24) is 19.5 Å². The largest absolute Gasteiger partial charge is 0.309 e. The van der Waals surface area contributed by atoms with Crippen molar-refractivity contribution in [3.05, 3.63) is 206 Å². The second kappa shape index (κ2) is 13.8. The van der Waals surface area contributed by atoms with E-state index in [1.807, 2.05) is 84.9 Å². The van der Waals surface area contributed by atoms with Gasteiger partial charge in [0.05, 0.1) is 33.0 Å². The highest BCUT2D eigenvalue weighted by Gasteiger charge is 2.17. The normalized spacial score (nSPS) is 15.3. The fourth-order valence-electron chi connectivity index (χ4n) is 6.45. The number of fused-ring (bicyclic) bond motifs is 3. The van der Waals surface area contributed by atoms with Crippen LogP contribution in [0.4, 0.5) is 0 Å². The Bertz CT molecular complexity index is 3770. The van der Waals surface area contributed by atoms with E-state index in [0.29, 0.717) is 11.1 Å². The first-order chi connectivity index (χ1) is 33.9. The molecule has 0 aliphatic rings. The molecule has 258 valence electrons. The molecule has 0 aliphatic carbocycles. The van der Waals surface area contributed by atoms with Crippen LogP contribution in [0.15, 0.2) is 206 Å². The number of nitrogens with zero attached hydrogens (tertiary/aromatic N) is 4. The van der Waals surface area contributed by atoms with Crippen LogP contribution in [0, 0.1) is 0 Å². The second-order valence-corrected chi connectivity index (χ2v) is 12.5. The van der Waals surface area contributed by atoms with Crippen LogP contribution in [-0.2, 0) is 0 Å². The second-order valence-electron chi connectivity index (χ2n) is 12.5. The van der Waals surface area contributed by atoms with Gasteiger partial charge in [-0.05, 0) is 93.9 Å². The van der Waals surface area contributed by atoms with E-state index in [2.05, 4.69) is 0 Å². The molecular formula is C51H34N4. The lowest BCUT2D eigenvalue weighted by Gasteiger charge is -2.13. The highest BCUT2D eigenvalue weighted by molar-refractivity contribution is 6.10. The summed E-state index contributed by atoms with van der Waals surface area (Å²) >= 11 is 0. The number of hydrogen-bond donors (Lipinski definition) is 0. The van der Waals surface area contributed by atoms with E-state index in [4.69, 9.17) is 27.3 Å². The SMILES string of the molecule is [2H]c1c([2H])c([2H])c(-c2c([2H])c([2H])c3c(c2[2H])c2c([2H])c([2H])c([2H])c([2H])c2n3-c2c([2H])c([2H])c(-c3nc(-c4ccccc4)nc(-c4cc(-c5ccccc5)cc(-c5ccccc5)c4)n3)c([2H])c2[2H])c([2H])c1[2H]. The molecule has 0 N–H and O–H groups in total. The fourth-order valence-corrected chi connectivity index (χ4v) is 6.45. The summed E-state index contributed by atoms with van der Waals surface area (Å²) < 4.78 is 145. The maximum absolute atomic E-state index is 9.59. The lowest BCUT2D eigenvalue weighted by molar-refractivity contribution is 1.07. The molecule has 0 bridgehead atoms. The number of para-hydroxylation sites is 1. The van der Waals surface area contributed by atoms with Gasteiger partial charge in [-0.3, -0.25) is 0 Å². The minimum absolute atomic E-state index is 0.142. The van der Waals surface area contributed by atoms with E-state index < -0.39 is 135 Å². The Balaban J connectivity index is 1.27. The molecule has 0 fully saturated rings. The van der Waals surface area contributed by atoms with Gasteiger partial charge >= 0.3 is 0 Å². The van der Waals surface area contributed by atoms with Gasteiger partial charge in [0.2, 0.25) is 0 Å². The van der Waals surface area contributed by atoms with E-state index in [1.54, 1.807) is 24.3 Å². The smallest absolute Gasteiger partial charge is 0.164 e. The van der Waals surface area contributed by atoms with Gasteiger partial charge < -0.3 is 4.57 Å². The monoisotopic (exact) mass is 718 g/mol. The predicted molar refractivity (Wildman–Crippen MR) is 227 cm³/mol. The maximum Gasteiger partial charge on any atom is 0.164 e. The quantitative estimate of drug-likeness (QED) is 0.165. The summed E-state index contributed by atoms with van der Waals surface area (Å²) in [5.41, 5.74) is 1.51. The Morgan fingerprint density at radius 3 is 1.47 bits per heavy atom. The molecule has 0 saturated heterocycles. The van der Waals surface area contributed by atoms with Crippen LogP contribution in [0.1, 0.15) is 21.9 Å². The minimum atomic E-state index is -0.829. The molecular weight excluding hydrogens is 669 g/mol. The highest BCUT2D eigenvalue weighted by Crippen LogP contribution is 2.36. The summed E-state index contributed by atoms with van der Waals surface area (Å²) in [5.74, 6) is 0.0538. The highest BCUT2D eigenvalue weighted by atomic mass is 15.0. The van der Waals surface area contributed by atoms with Crippen molar-refractivity contribution < 1.29 is 21.9 Å². The van der Waals surface area contributed by atoms with Gasteiger partial charge in [-0.15, -0.1) is 0 Å². The summed E-state index contributed by atoms with van der Waals surface area (Å²) in [5, 5.41) is -0.820. The molecule has 0 saturated carbocycles. The molecule has 0 amide bonds. The van der Waals surface area contributed by atoms with Crippen LogP contribution >= 0.6 is 0 Å². The van der Waals surface area contributed by atoms with Gasteiger partial charge in [-0.1, -0.05) is 145 Å². The van der Waals surface area contributed by atoms with Crippen LogP contribution in [0.5, 0.6) is 0 Å². The number of aromatic nitrogens is 4. The average molecular weight is 719 g/mol. The van der Waals surface area contributed by atoms with E-state index in [0.717, 1.165) is 26.8 Å². The van der Waals surface area contributed by atoms with Crippen LogP contribution in [0.25, 0.3) is 95.0 Å². The standard InChI is InChI=1S/C51H34N4/c1-5-15-35(16-6-1)40-27-30-48-46(34-40)45-23-13-14-24-47(45)55(48)44-28-25-39(26-29-44)50-52-49(38-21-11-4-12-22-38)53-51(54-50)43-32-41(36-17-7-2-8-18-36)31-42(33-43)37-19-9-3-10-20-37/h1-34H/i1D,5D,6D,13D,14D,15D,16D,23D,24D,25D,26D,27D,28D,29D,30D,34D. The van der Waals surface area contributed by atoms with E-state index in [-0.39, 0.29) is 23.0 Å². The first kappa shape index (κ1) is 19.6. The van der Waals surface area contributed by atoms with Crippen molar-refractivity contribution >= 4 is 21.8 Å². The first-order valence-corrected chi connectivity index (χ1v) is 17.2. The van der Waals surface area contributed by atoms with Crippen molar-refractivity contribution in [1.29, 1.82) is 0 Å². The van der Waals surface area contributed by atoms with Crippen molar-refractivity contribution in [2.45, 2.75) is 0 Å². The maximum atomic E-state index is 9.59. The molecule has 2 aromatic heterocycles. The van der Waals surface area contributed by atoms with Gasteiger partial charge in [0.1, 0.15) is 0 Å². The molecule has 0 atom stereocenters. The predicted octanol–water partition coefficient (Wildman–Crippen LogP) is 13.0. The van der Waals surface area contributed by atoms with Gasteiger partial charge in [0, 0.05) is 33.2 Å². The minimum Gasteiger partial charge on any atom is -0.309 e. The Morgan fingerprint density at radius 2 is 0.836 bits per heavy atom. The first-order valence-electron chi connectivity index (χ1n) is 25.2. The van der Waals surface area contributed by atoms with Crippen LogP contribution in [0.2, 0.25) is 0 Å². The molecule has 10 rings (SSSR count). The van der Waals surface area contributed by atoms with Gasteiger partial charge in [-0.2, -0.15) is 0 Å². The third-order valence-electron chi connectivity index (χ3n) is 9.04. The summed E-state index contributed by atoms with van der Waals surface area (Å²) in [6, 6.07) is 22.0. The molecule has 4 nitrogen and oxygen atoms in total. The topological polar surface area (TPSA) is 43.6 Å². The zero-order valence-corrected chi connectivity index (χ0v) is 28.7. The van der Waals surface area contributed by atoms with Crippen LogP contribution in [0.3, 0.4) is 0 Å². The third-order valence-corrected chi connectivity index (χ3v) is 9.04. The molecule has 8 aromatic carbocycles. The van der Waals surface area contributed by atoms with Crippen molar-refractivity contribution in [2.24, 2.45) is 0 Å². The van der Waals surface area contributed by atoms with Crippen molar-refractivity contribution in [2.75, 3.05) is 0 Å². The zero-order valence-electron chi connectivity index (χ0n) is 44.7. The summed E-state index contributed by atoms with van der Waals surface area (Å²) in [4.78, 5) is 14.5. The molecule has 0 unspecified atom stereocenters. The van der Waals surface area contributed by atoms with Crippen molar-refractivity contribution in [3.63, 3.8) is 0 Å². The number of hydrogen-bond acceptors (Lipinski definition) is 3. The molecule has 0 spiro atoms. The van der Waals surface area contributed by atoms with Crippen LogP contribution < -0.4 is 0 Å². The fraction of sp³-hybridized carbons (Fsp3) is 0. The molecule has 55 heavy (non-hydrogen) atoms. The number of rotatable bonds is 7. The van der Waals surface area contributed by atoms with Gasteiger partial charge in [0.15, 0.2) is 17.5 Å². The Labute approximate surface area is 342 Å². The van der Waals surface area contributed by atoms with E-state index in [1.165, 1.54) is 0 Å². The summed E-state index contributed by atoms with van der Waals surface area (Å²) in [6.07, 6.45) is 0. The molecule has 4 heteroatoms. The molecule has 2 heterocycles. The molecule has 10 aromatic rings. The third kappa shape index (κ3) is 6.16. The lowest BCUT2D eigenvalue weighted by Crippen LogP contribution is -2.01. The van der Waals surface area contributed by atoms with E-state index in [9.17, 15) is 9.60 Å². The Kier molecular flexibility index (Phi) is 4.93. The zero-order chi connectivity index (χ0) is 50.5. The van der Waals surface area contributed by atoms with E-state index >= 15 is 0 Å². The van der Waals surface area contributed by atoms with Gasteiger partial charge in [-0.25, -0.2) is 15.0 Å². The summed E-state index contributed by atoms with van der Waals surface area (Å²) in [7, 11) is 0. The molecule has 0 aliphatic heterocycles. The Hall–Kier alpha value is -7.43.